The summed E-state index contributed by atoms with van der Waals surface area (Å²) in [4.78, 5) is 14.6. The number of nitrogens with one attached hydrogen (secondary N) is 1. The standard InChI is InChI=1S/C24H23ClN2O3/c25-20-5-3-19(4-6-20)23-11-9-22(30-23)10-12-24(28)26-21-7-1-18(2-8-21)17-27-13-15-29-16-14-27/h1-12H,13-17H2,(H,26,28)/b12-10+. The lowest BCUT2D eigenvalue weighted by Crippen LogP contribution is -2.35. The third-order valence-corrected chi connectivity index (χ3v) is 5.14. The van der Waals surface area contributed by atoms with E-state index >= 15 is 0 Å². The van der Waals surface area contributed by atoms with Crippen molar-refractivity contribution in [2.24, 2.45) is 0 Å². The summed E-state index contributed by atoms with van der Waals surface area (Å²) in [7, 11) is 0. The first kappa shape index (κ1) is 20.4. The minimum atomic E-state index is -0.208. The Bertz CT molecular complexity index is 1000. The molecule has 0 bridgehead atoms. The largest absolute Gasteiger partial charge is 0.457 e. The summed E-state index contributed by atoms with van der Waals surface area (Å²) >= 11 is 5.91. The molecule has 2 aromatic carbocycles. The van der Waals surface area contributed by atoms with Crippen molar-refractivity contribution in [1.82, 2.24) is 4.90 Å². The minimum absolute atomic E-state index is 0.208. The molecule has 1 N–H and O–H groups in total. The predicted molar refractivity (Wildman–Crippen MR) is 119 cm³/mol. The number of furan rings is 1. The second kappa shape index (κ2) is 9.76. The molecule has 1 fully saturated rings. The van der Waals surface area contributed by atoms with Gasteiger partial charge in [-0.15, -0.1) is 0 Å². The first-order chi connectivity index (χ1) is 14.7. The van der Waals surface area contributed by atoms with Crippen molar-refractivity contribution in [3.05, 3.63) is 83.1 Å². The number of nitrogens with zero attached hydrogens (tertiary/aromatic N) is 1. The van der Waals surface area contributed by atoms with E-state index in [1.54, 1.807) is 6.08 Å². The van der Waals surface area contributed by atoms with E-state index in [1.807, 2.05) is 60.7 Å². The summed E-state index contributed by atoms with van der Waals surface area (Å²) in [6.07, 6.45) is 3.12. The van der Waals surface area contributed by atoms with Crippen molar-refractivity contribution in [3.63, 3.8) is 0 Å². The lowest BCUT2D eigenvalue weighted by Gasteiger charge is -2.26. The van der Waals surface area contributed by atoms with Gasteiger partial charge < -0.3 is 14.5 Å². The predicted octanol–water partition coefficient (Wildman–Crippen LogP) is 5.08. The van der Waals surface area contributed by atoms with E-state index in [2.05, 4.69) is 10.2 Å². The molecule has 30 heavy (non-hydrogen) atoms. The molecule has 1 saturated heterocycles. The topological polar surface area (TPSA) is 54.7 Å². The lowest BCUT2D eigenvalue weighted by molar-refractivity contribution is -0.111. The van der Waals surface area contributed by atoms with Gasteiger partial charge in [-0.25, -0.2) is 0 Å². The van der Waals surface area contributed by atoms with Crippen molar-refractivity contribution in [1.29, 1.82) is 0 Å². The second-order valence-electron chi connectivity index (χ2n) is 7.12. The average Bonchev–Trinajstić information content (AvgIpc) is 3.24. The molecule has 1 aromatic heterocycles. The summed E-state index contributed by atoms with van der Waals surface area (Å²) in [5.41, 5.74) is 2.91. The molecule has 0 saturated carbocycles. The van der Waals surface area contributed by atoms with Crippen LogP contribution in [0, 0.1) is 0 Å². The number of carbonyl (C=O) groups excluding carboxylic acids is 1. The van der Waals surface area contributed by atoms with Crippen molar-refractivity contribution in [2.75, 3.05) is 31.6 Å². The van der Waals surface area contributed by atoms with Crippen LogP contribution < -0.4 is 5.32 Å². The van der Waals surface area contributed by atoms with Gasteiger partial charge in [0.1, 0.15) is 11.5 Å². The molecular weight excluding hydrogens is 400 g/mol. The maximum absolute atomic E-state index is 12.2. The Morgan fingerprint density at radius 1 is 1.00 bits per heavy atom. The van der Waals surface area contributed by atoms with Gasteiger partial charge >= 0.3 is 0 Å². The van der Waals surface area contributed by atoms with Gasteiger partial charge in [0.2, 0.25) is 5.91 Å². The van der Waals surface area contributed by atoms with Crippen LogP contribution in [0.2, 0.25) is 5.02 Å². The zero-order chi connectivity index (χ0) is 20.8. The molecule has 0 atom stereocenters. The van der Waals surface area contributed by atoms with Crippen LogP contribution in [-0.4, -0.2) is 37.1 Å². The highest BCUT2D eigenvalue weighted by Crippen LogP contribution is 2.24. The molecule has 5 nitrogen and oxygen atoms in total. The van der Waals surface area contributed by atoms with Crippen LogP contribution in [0.15, 0.2) is 71.2 Å². The van der Waals surface area contributed by atoms with Crippen molar-refractivity contribution >= 4 is 29.3 Å². The number of carbonyl (C=O) groups is 1. The van der Waals surface area contributed by atoms with E-state index in [4.69, 9.17) is 20.8 Å². The summed E-state index contributed by atoms with van der Waals surface area (Å²) in [6.45, 7) is 4.38. The lowest BCUT2D eigenvalue weighted by atomic mass is 10.2. The fourth-order valence-corrected chi connectivity index (χ4v) is 3.39. The highest BCUT2D eigenvalue weighted by Gasteiger charge is 2.10. The summed E-state index contributed by atoms with van der Waals surface area (Å²) in [5, 5.41) is 3.55. The molecule has 0 unspecified atom stereocenters. The Hall–Kier alpha value is -2.86. The van der Waals surface area contributed by atoms with Crippen LogP contribution in [-0.2, 0) is 16.1 Å². The van der Waals surface area contributed by atoms with Crippen LogP contribution in [0.25, 0.3) is 17.4 Å². The van der Waals surface area contributed by atoms with Gasteiger partial charge in [0.05, 0.1) is 13.2 Å². The smallest absolute Gasteiger partial charge is 0.248 e. The molecule has 0 radical (unpaired) electrons. The first-order valence-electron chi connectivity index (χ1n) is 9.90. The summed E-state index contributed by atoms with van der Waals surface area (Å²) in [5.74, 6) is 1.12. The molecule has 4 rings (SSSR count). The van der Waals surface area contributed by atoms with Gasteiger partial charge in [0, 0.05) is 42.0 Å². The Labute approximate surface area is 180 Å². The Morgan fingerprint density at radius 3 is 2.47 bits per heavy atom. The monoisotopic (exact) mass is 422 g/mol. The molecule has 1 aliphatic rings. The number of amides is 1. The molecule has 154 valence electrons. The summed E-state index contributed by atoms with van der Waals surface area (Å²) in [6, 6.07) is 19.0. The molecule has 0 aliphatic carbocycles. The third-order valence-electron chi connectivity index (χ3n) is 4.89. The Morgan fingerprint density at radius 2 is 1.73 bits per heavy atom. The number of rotatable bonds is 6. The number of anilines is 1. The van der Waals surface area contributed by atoms with Crippen molar-refractivity contribution in [3.8, 4) is 11.3 Å². The molecule has 1 aliphatic heterocycles. The number of morpholine rings is 1. The first-order valence-corrected chi connectivity index (χ1v) is 10.3. The van der Waals surface area contributed by atoms with E-state index in [9.17, 15) is 4.79 Å². The van der Waals surface area contributed by atoms with Gasteiger partial charge in [-0.05, 0) is 60.2 Å². The van der Waals surface area contributed by atoms with Gasteiger partial charge in [-0.1, -0.05) is 23.7 Å². The SMILES string of the molecule is O=C(/C=C/c1ccc(-c2ccc(Cl)cc2)o1)Nc1ccc(CN2CCOCC2)cc1. The molecule has 6 heteroatoms. The fraction of sp³-hybridized carbons (Fsp3) is 0.208. The number of benzene rings is 2. The molecule has 1 amide bonds. The van der Waals surface area contributed by atoms with Gasteiger partial charge in [-0.2, -0.15) is 0 Å². The number of halogens is 1. The molecular formula is C24H23ClN2O3. The van der Waals surface area contributed by atoms with E-state index in [0.29, 0.717) is 10.8 Å². The third kappa shape index (κ3) is 5.60. The normalized spacial score (nSPS) is 14.8. The minimum Gasteiger partial charge on any atom is -0.457 e. The van der Waals surface area contributed by atoms with Gasteiger partial charge in [0.15, 0.2) is 0 Å². The highest BCUT2D eigenvalue weighted by molar-refractivity contribution is 6.30. The molecule has 0 spiro atoms. The Balaban J connectivity index is 1.31. The van der Waals surface area contributed by atoms with Gasteiger partial charge in [0.25, 0.3) is 0 Å². The zero-order valence-corrected chi connectivity index (χ0v) is 17.3. The highest BCUT2D eigenvalue weighted by atomic mass is 35.5. The number of hydrogen-bond acceptors (Lipinski definition) is 4. The van der Waals surface area contributed by atoms with E-state index in [0.717, 1.165) is 49.9 Å². The van der Waals surface area contributed by atoms with Crippen molar-refractivity contribution in [2.45, 2.75) is 6.54 Å². The van der Waals surface area contributed by atoms with Crippen LogP contribution in [0.4, 0.5) is 5.69 Å². The quantitative estimate of drug-likeness (QED) is 0.562. The van der Waals surface area contributed by atoms with Crippen LogP contribution in [0.3, 0.4) is 0 Å². The van der Waals surface area contributed by atoms with Crippen molar-refractivity contribution < 1.29 is 13.9 Å². The number of hydrogen-bond donors (Lipinski definition) is 1. The van der Waals surface area contributed by atoms with Crippen LogP contribution >= 0.6 is 11.6 Å². The average molecular weight is 423 g/mol. The second-order valence-corrected chi connectivity index (χ2v) is 7.55. The van der Waals surface area contributed by atoms with Crippen LogP contribution in [0.5, 0.6) is 0 Å². The van der Waals surface area contributed by atoms with E-state index in [1.165, 1.54) is 11.6 Å². The van der Waals surface area contributed by atoms with E-state index in [-0.39, 0.29) is 5.91 Å². The van der Waals surface area contributed by atoms with E-state index < -0.39 is 0 Å². The maximum Gasteiger partial charge on any atom is 0.248 e. The van der Waals surface area contributed by atoms with Gasteiger partial charge in [-0.3, -0.25) is 9.69 Å². The fourth-order valence-electron chi connectivity index (χ4n) is 3.26. The zero-order valence-electron chi connectivity index (χ0n) is 16.5. The molecule has 2 heterocycles. The molecule has 3 aromatic rings. The number of ether oxygens (including phenoxy) is 1. The summed E-state index contributed by atoms with van der Waals surface area (Å²) < 4.78 is 11.2. The van der Waals surface area contributed by atoms with Crippen LogP contribution in [0.1, 0.15) is 11.3 Å². The Kier molecular flexibility index (Phi) is 6.64. The maximum atomic E-state index is 12.2.